The van der Waals surface area contributed by atoms with E-state index in [4.69, 9.17) is 5.73 Å². The molecule has 0 saturated carbocycles. The molecule has 5 nitrogen and oxygen atoms in total. The van der Waals surface area contributed by atoms with Gasteiger partial charge < -0.3 is 11.1 Å². The summed E-state index contributed by atoms with van der Waals surface area (Å²) in [4.78, 5) is 4.18. The zero-order valence-corrected chi connectivity index (χ0v) is 14.0. The van der Waals surface area contributed by atoms with Crippen molar-refractivity contribution in [1.82, 2.24) is 14.8 Å². The van der Waals surface area contributed by atoms with Crippen LogP contribution in [0, 0.1) is 0 Å². The molecule has 2 aromatic heterocycles. The fourth-order valence-electron chi connectivity index (χ4n) is 2.93. The average molecular weight is 329 g/mol. The summed E-state index contributed by atoms with van der Waals surface area (Å²) in [6.07, 6.45) is 1.80. The van der Waals surface area contributed by atoms with Gasteiger partial charge in [0.15, 0.2) is 0 Å². The maximum absolute atomic E-state index is 5.75. The second-order valence-electron chi connectivity index (χ2n) is 6.05. The highest BCUT2D eigenvalue weighted by molar-refractivity contribution is 5.87. The van der Waals surface area contributed by atoms with Crippen LogP contribution in [0.5, 0.6) is 0 Å². The van der Waals surface area contributed by atoms with Gasteiger partial charge in [0.1, 0.15) is 11.6 Å². The zero-order valence-electron chi connectivity index (χ0n) is 14.0. The molecule has 5 heteroatoms. The maximum atomic E-state index is 5.75. The summed E-state index contributed by atoms with van der Waals surface area (Å²) in [7, 11) is 1.95. The van der Waals surface area contributed by atoms with Crippen molar-refractivity contribution in [2.75, 3.05) is 11.1 Å². The Morgan fingerprint density at radius 2 is 1.84 bits per heavy atom. The molecule has 4 rings (SSSR count). The highest BCUT2D eigenvalue weighted by Crippen LogP contribution is 2.26. The van der Waals surface area contributed by atoms with E-state index < -0.39 is 0 Å². The van der Waals surface area contributed by atoms with E-state index in [0.29, 0.717) is 5.82 Å². The van der Waals surface area contributed by atoms with Crippen LogP contribution in [0.15, 0.2) is 66.9 Å². The predicted octanol–water partition coefficient (Wildman–Crippen LogP) is 3.83. The van der Waals surface area contributed by atoms with Gasteiger partial charge in [0.2, 0.25) is 0 Å². The van der Waals surface area contributed by atoms with Crippen LogP contribution in [0.2, 0.25) is 0 Å². The fraction of sp³-hybridized carbons (Fsp3) is 0.100. The Morgan fingerprint density at radius 3 is 2.68 bits per heavy atom. The third kappa shape index (κ3) is 3.17. The van der Waals surface area contributed by atoms with E-state index in [2.05, 4.69) is 51.8 Å². The van der Waals surface area contributed by atoms with Crippen LogP contribution in [0.4, 0.5) is 11.6 Å². The number of nitrogen functional groups attached to an aromatic ring is 1. The molecule has 0 aliphatic heterocycles. The number of aryl methyl sites for hydroxylation is 1. The molecule has 4 aromatic rings. The normalized spacial score (nSPS) is 10.9. The van der Waals surface area contributed by atoms with Crippen molar-refractivity contribution in [3.8, 4) is 11.3 Å². The highest BCUT2D eigenvalue weighted by atomic mass is 15.3. The van der Waals surface area contributed by atoms with Crippen LogP contribution < -0.4 is 11.1 Å². The summed E-state index contributed by atoms with van der Waals surface area (Å²) in [5.41, 5.74) is 9.12. The van der Waals surface area contributed by atoms with Crippen molar-refractivity contribution in [2.45, 2.75) is 6.54 Å². The lowest BCUT2D eigenvalue weighted by atomic mass is 10.1. The molecular weight excluding hydrogens is 310 g/mol. The van der Waals surface area contributed by atoms with E-state index in [1.807, 2.05) is 36.0 Å². The number of nitrogens with two attached hydrogens (primary N) is 1. The maximum Gasteiger partial charge on any atom is 0.148 e. The van der Waals surface area contributed by atoms with E-state index >= 15 is 0 Å². The van der Waals surface area contributed by atoms with Crippen molar-refractivity contribution in [2.24, 2.45) is 7.05 Å². The molecule has 0 aliphatic rings. The molecule has 0 amide bonds. The molecule has 2 heterocycles. The minimum atomic E-state index is 0.535. The van der Waals surface area contributed by atoms with Crippen LogP contribution in [-0.4, -0.2) is 14.8 Å². The molecule has 0 radical (unpaired) electrons. The van der Waals surface area contributed by atoms with Crippen molar-refractivity contribution in [3.63, 3.8) is 0 Å². The van der Waals surface area contributed by atoms with E-state index in [9.17, 15) is 0 Å². The fourth-order valence-corrected chi connectivity index (χ4v) is 2.93. The number of nitrogens with one attached hydrogen (secondary N) is 1. The minimum absolute atomic E-state index is 0.535. The number of benzene rings is 2. The van der Waals surface area contributed by atoms with Crippen molar-refractivity contribution in [1.29, 1.82) is 0 Å². The van der Waals surface area contributed by atoms with Crippen LogP contribution in [0.1, 0.15) is 5.56 Å². The number of pyridine rings is 1. The molecule has 0 fully saturated rings. The van der Waals surface area contributed by atoms with Gasteiger partial charge in [-0.05, 0) is 23.1 Å². The second kappa shape index (κ2) is 6.28. The first-order valence-corrected chi connectivity index (χ1v) is 8.16. The first-order chi connectivity index (χ1) is 12.2. The molecule has 0 atom stereocenters. The Balaban J connectivity index is 1.60. The number of nitrogens with zero attached hydrogens (tertiary/aromatic N) is 3. The lowest BCUT2D eigenvalue weighted by Crippen LogP contribution is -2.00. The molecule has 3 N–H and O–H groups in total. The van der Waals surface area contributed by atoms with E-state index in [0.717, 1.165) is 34.4 Å². The predicted molar refractivity (Wildman–Crippen MR) is 102 cm³/mol. The first-order valence-electron chi connectivity index (χ1n) is 8.16. The first kappa shape index (κ1) is 15.2. The average Bonchev–Trinajstić information content (AvgIpc) is 3.01. The van der Waals surface area contributed by atoms with Gasteiger partial charge in [-0.1, -0.05) is 42.5 Å². The number of hydrogen-bond donors (Lipinski definition) is 2. The van der Waals surface area contributed by atoms with Crippen LogP contribution in [0.25, 0.3) is 22.0 Å². The van der Waals surface area contributed by atoms with Crippen molar-refractivity contribution in [3.05, 3.63) is 72.4 Å². The summed E-state index contributed by atoms with van der Waals surface area (Å²) in [6, 6.07) is 20.5. The summed E-state index contributed by atoms with van der Waals surface area (Å²) in [5, 5.41) is 10.1. The van der Waals surface area contributed by atoms with Gasteiger partial charge in [0, 0.05) is 36.8 Å². The van der Waals surface area contributed by atoms with E-state index in [1.165, 1.54) is 5.56 Å². The minimum Gasteiger partial charge on any atom is -0.384 e. The Labute approximate surface area is 146 Å². The van der Waals surface area contributed by atoms with Gasteiger partial charge in [-0.25, -0.2) is 4.98 Å². The third-order valence-electron chi connectivity index (χ3n) is 4.23. The lowest BCUT2D eigenvalue weighted by molar-refractivity contribution is 0.776. The zero-order chi connectivity index (χ0) is 17.2. The number of anilines is 2. The molecule has 0 unspecified atom stereocenters. The van der Waals surface area contributed by atoms with Gasteiger partial charge in [-0.3, -0.25) is 4.68 Å². The van der Waals surface area contributed by atoms with Gasteiger partial charge in [-0.15, -0.1) is 0 Å². The smallest absolute Gasteiger partial charge is 0.148 e. The Hall–Kier alpha value is -3.34. The molecule has 2 aromatic carbocycles. The molecule has 25 heavy (non-hydrogen) atoms. The summed E-state index contributed by atoms with van der Waals surface area (Å²) >= 11 is 0. The molecule has 0 bridgehead atoms. The summed E-state index contributed by atoms with van der Waals surface area (Å²) < 4.78 is 1.89. The molecule has 0 aliphatic carbocycles. The van der Waals surface area contributed by atoms with Gasteiger partial charge in [0.05, 0.1) is 5.69 Å². The Kier molecular flexibility index (Phi) is 3.82. The Bertz CT molecular complexity index is 1020. The standard InChI is InChI=1S/C20H19N5/c1-25-18(11-20(24-25)23-12-14-5-3-2-4-6-14)16-8-7-15-10-19(21)22-13-17(15)9-16/h2-11,13H,12H2,1H3,(H2,21,22)(H,23,24). The monoisotopic (exact) mass is 329 g/mol. The van der Waals surface area contributed by atoms with Crippen molar-refractivity contribution < 1.29 is 0 Å². The highest BCUT2D eigenvalue weighted by Gasteiger charge is 2.08. The molecule has 0 saturated heterocycles. The SMILES string of the molecule is Cn1nc(NCc2ccccc2)cc1-c1ccc2cc(N)ncc2c1. The van der Waals surface area contributed by atoms with E-state index in [1.54, 1.807) is 6.20 Å². The third-order valence-corrected chi connectivity index (χ3v) is 4.23. The van der Waals surface area contributed by atoms with Crippen LogP contribution in [0.3, 0.4) is 0 Å². The summed E-state index contributed by atoms with van der Waals surface area (Å²) in [6.45, 7) is 0.748. The van der Waals surface area contributed by atoms with Gasteiger partial charge >= 0.3 is 0 Å². The lowest BCUT2D eigenvalue weighted by Gasteiger charge is -2.04. The molecule has 0 spiro atoms. The molecule has 124 valence electrons. The molecular formula is C20H19N5. The Morgan fingerprint density at radius 1 is 1.00 bits per heavy atom. The number of rotatable bonds is 4. The second-order valence-corrected chi connectivity index (χ2v) is 6.05. The van der Waals surface area contributed by atoms with E-state index in [-0.39, 0.29) is 0 Å². The van der Waals surface area contributed by atoms with Crippen LogP contribution in [-0.2, 0) is 13.6 Å². The number of fused-ring (bicyclic) bond motifs is 1. The number of hydrogen-bond acceptors (Lipinski definition) is 4. The summed E-state index contributed by atoms with van der Waals surface area (Å²) in [5.74, 6) is 1.39. The van der Waals surface area contributed by atoms with Gasteiger partial charge in [0.25, 0.3) is 0 Å². The number of aromatic nitrogens is 3. The van der Waals surface area contributed by atoms with Gasteiger partial charge in [-0.2, -0.15) is 5.10 Å². The van der Waals surface area contributed by atoms with Crippen LogP contribution >= 0.6 is 0 Å². The largest absolute Gasteiger partial charge is 0.384 e. The quantitative estimate of drug-likeness (QED) is 0.597. The van der Waals surface area contributed by atoms with Crippen molar-refractivity contribution >= 4 is 22.4 Å². The topological polar surface area (TPSA) is 68.8 Å².